The number of benzene rings is 1. The number of rotatable bonds is 7. The summed E-state index contributed by atoms with van der Waals surface area (Å²) in [4.78, 5) is 25.8. The maximum absolute atomic E-state index is 12.4. The number of nitrogens with two attached hydrogens (primary N) is 1. The number of carbonyl (C=O) groups excluding carboxylic acids is 2. The van der Waals surface area contributed by atoms with Gasteiger partial charge in [-0.3, -0.25) is 9.59 Å². The van der Waals surface area contributed by atoms with Crippen molar-refractivity contribution in [3.05, 3.63) is 23.8 Å². The fourth-order valence-corrected chi connectivity index (χ4v) is 3.16. The highest BCUT2D eigenvalue weighted by Gasteiger charge is 2.34. The second kappa shape index (κ2) is 9.95. The number of piperidine rings is 1. The topological polar surface area (TPSA) is 81.9 Å². The number of likely N-dealkylation sites (tertiary alicyclic amines) is 1. The Hall–Kier alpha value is -1.79. The number of ether oxygens (including phenoxy) is 2. The molecule has 0 bridgehead atoms. The molecule has 2 N–H and O–H groups in total. The second-order valence-electron chi connectivity index (χ2n) is 7.57. The van der Waals surface area contributed by atoms with Crippen LogP contribution in [-0.2, 0) is 4.79 Å². The van der Waals surface area contributed by atoms with Crippen molar-refractivity contribution in [3.8, 4) is 11.5 Å². The van der Waals surface area contributed by atoms with E-state index in [1.807, 2.05) is 4.90 Å². The molecule has 1 saturated heterocycles. The van der Waals surface area contributed by atoms with Crippen molar-refractivity contribution in [2.45, 2.75) is 46.1 Å². The van der Waals surface area contributed by atoms with Gasteiger partial charge in [-0.25, -0.2) is 0 Å². The molecule has 2 rings (SSSR count). The van der Waals surface area contributed by atoms with Crippen LogP contribution in [0.3, 0.4) is 0 Å². The summed E-state index contributed by atoms with van der Waals surface area (Å²) in [5.41, 5.74) is 6.66. The van der Waals surface area contributed by atoms with Gasteiger partial charge in [0.1, 0.15) is 0 Å². The van der Waals surface area contributed by atoms with Crippen molar-refractivity contribution in [1.29, 1.82) is 0 Å². The number of Topliss-reactive ketones (excluding diaryl/α,β-unsaturated/α-hetero) is 1. The predicted octanol–water partition coefficient (Wildman–Crippen LogP) is 3.06. The quantitative estimate of drug-likeness (QED) is 0.563. The third-order valence-corrected chi connectivity index (χ3v) is 5.03. The fraction of sp³-hybridized carbons (Fsp3) is 0.600. The number of hydrogen-bond donors (Lipinski definition) is 1. The monoisotopic (exact) mass is 398 g/mol. The molecule has 1 amide bonds. The van der Waals surface area contributed by atoms with Gasteiger partial charge in [0.25, 0.3) is 0 Å². The molecule has 1 atom stereocenters. The van der Waals surface area contributed by atoms with Crippen LogP contribution in [0.2, 0.25) is 0 Å². The van der Waals surface area contributed by atoms with E-state index in [9.17, 15) is 9.59 Å². The average molecular weight is 399 g/mol. The van der Waals surface area contributed by atoms with Gasteiger partial charge < -0.3 is 20.1 Å². The number of ketones is 1. The van der Waals surface area contributed by atoms with Gasteiger partial charge in [-0.05, 0) is 43.4 Å². The summed E-state index contributed by atoms with van der Waals surface area (Å²) in [7, 11) is 1.54. The number of hydrogen-bond acceptors (Lipinski definition) is 5. The van der Waals surface area contributed by atoms with Crippen LogP contribution in [-0.4, -0.2) is 49.4 Å². The minimum absolute atomic E-state index is 0. The summed E-state index contributed by atoms with van der Waals surface area (Å²) in [6.07, 6.45) is 1.91. The molecular formula is C20H31ClN2O4. The minimum atomic E-state index is -0.0454. The van der Waals surface area contributed by atoms with Crippen LogP contribution in [0.4, 0.5) is 0 Å². The van der Waals surface area contributed by atoms with Crippen LogP contribution < -0.4 is 15.2 Å². The summed E-state index contributed by atoms with van der Waals surface area (Å²) in [6, 6.07) is 5.25. The smallest absolute Gasteiger partial charge is 0.222 e. The van der Waals surface area contributed by atoms with Crippen molar-refractivity contribution in [2.75, 3.05) is 26.8 Å². The van der Waals surface area contributed by atoms with Crippen molar-refractivity contribution < 1.29 is 19.1 Å². The number of halogens is 1. The summed E-state index contributed by atoms with van der Waals surface area (Å²) < 4.78 is 11.0. The zero-order chi connectivity index (χ0) is 19.3. The van der Waals surface area contributed by atoms with E-state index in [1.54, 1.807) is 25.3 Å². The van der Waals surface area contributed by atoms with E-state index in [0.717, 1.165) is 13.0 Å². The van der Waals surface area contributed by atoms with Crippen LogP contribution >= 0.6 is 12.4 Å². The maximum Gasteiger partial charge on any atom is 0.222 e. The molecule has 1 aliphatic rings. The Balaban J connectivity index is 0.00000364. The van der Waals surface area contributed by atoms with Gasteiger partial charge in [0.05, 0.1) is 13.7 Å². The number of carbonyl (C=O) groups is 2. The molecule has 0 spiro atoms. The van der Waals surface area contributed by atoms with Crippen LogP contribution in [0.25, 0.3) is 0 Å². The van der Waals surface area contributed by atoms with Gasteiger partial charge in [0.2, 0.25) is 5.91 Å². The molecule has 1 aromatic rings. The maximum atomic E-state index is 12.4. The van der Waals surface area contributed by atoms with Crippen molar-refractivity contribution in [1.82, 2.24) is 4.90 Å². The molecule has 6 nitrogen and oxygen atoms in total. The molecule has 1 unspecified atom stereocenters. The van der Waals surface area contributed by atoms with E-state index in [0.29, 0.717) is 43.1 Å². The summed E-state index contributed by atoms with van der Waals surface area (Å²) >= 11 is 0. The second-order valence-corrected chi connectivity index (χ2v) is 7.57. The van der Waals surface area contributed by atoms with Crippen LogP contribution in [0.5, 0.6) is 11.5 Å². The first-order valence-electron chi connectivity index (χ1n) is 9.09. The van der Waals surface area contributed by atoms with Gasteiger partial charge >= 0.3 is 0 Å². The Bertz CT molecular complexity index is 663. The summed E-state index contributed by atoms with van der Waals surface area (Å²) in [6.45, 7) is 7.57. The van der Waals surface area contributed by atoms with Crippen LogP contribution in [0.1, 0.15) is 50.4 Å². The Kier molecular flexibility index (Phi) is 8.57. The first kappa shape index (κ1) is 23.2. The molecular weight excluding hydrogens is 368 g/mol. The third kappa shape index (κ3) is 6.11. The largest absolute Gasteiger partial charge is 0.493 e. The Morgan fingerprint density at radius 3 is 2.59 bits per heavy atom. The van der Waals surface area contributed by atoms with Crippen molar-refractivity contribution >= 4 is 24.1 Å². The van der Waals surface area contributed by atoms with Gasteiger partial charge in [-0.15, -0.1) is 12.4 Å². The first-order chi connectivity index (χ1) is 12.2. The molecule has 27 heavy (non-hydrogen) atoms. The highest BCUT2D eigenvalue weighted by atomic mass is 35.5. The third-order valence-electron chi connectivity index (χ3n) is 5.03. The van der Waals surface area contributed by atoms with Crippen LogP contribution in [0, 0.1) is 5.41 Å². The molecule has 0 radical (unpaired) electrons. The van der Waals surface area contributed by atoms with Gasteiger partial charge in [-0.1, -0.05) is 13.8 Å². The van der Waals surface area contributed by atoms with Gasteiger partial charge in [-0.2, -0.15) is 0 Å². The number of nitrogens with zero attached hydrogens (tertiary/aromatic N) is 1. The van der Waals surface area contributed by atoms with E-state index in [-0.39, 0.29) is 35.6 Å². The lowest BCUT2D eigenvalue weighted by atomic mass is 9.79. The number of methoxy groups -OCH3 is 1. The van der Waals surface area contributed by atoms with E-state index >= 15 is 0 Å². The van der Waals surface area contributed by atoms with Crippen LogP contribution in [0.15, 0.2) is 18.2 Å². The highest BCUT2D eigenvalue weighted by molar-refractivity contribution is 5.94. The van der Waals surface area contributed by atoms with Gasteiger partial charge in [0.15, 0.2) is 17.3 Å². The molecule has 0 aromatic heterocycles. The summed E-state index contributed by atoms with van der Waals surface area (Å²) in [5.74, 6) is 1.22. The standard InChI is InChI=1S/C20H30N2O4.ClH/c1-14(23)15-7-8-16(17(12-15)25-4)26-11-5-6-19(24)22-10-9-18(21)20(2,3)13-22;/h7-8,12,18H,5-6,9-11,13,21H2,1-4H3;1H. The molecule has 1 aliphatic heterocycles. The van der Waals surface area contributed by atoms with E-state index < -0.39 is 0 Å². The Labute approximate surface area is 167 Å². The minimum Gasteiger partial charge on any atom is -0.493 e. The summed E-state index contributed by atoms with van der Waals surface area (Å²) in [5, 5.41) is 0. The molecule has 0 saturated carbocycles. The lowest BCUT2D eigenvalue weighted by molar-refractivity contribution is -0.134. The SMILES string of the molecule is COc1cc(C(C)=O)ccc1OCCCC(=O)N1CCC(N)C(C)(C)C1.Cl. The van der Waals surface area contributed by atoms with E-state index in [4.69, 9.17) is 15.2 Å². The molecule has 7 heteroatoms. The highest BCUT2D eigenvalue weighted by Crippen LogP contribution is 2.29. The molecule has 1 fully saturated rings. The van der Waals surface area contributed by atoms with Crippen molar-refractivity contribution in [3.63, 3.8) is 0 Å². The van der Waals surface area contributed by atoms with E-state index in [2.05, 4.69) is 13.8 Å². The molecule has 1 heterocycles. The fourth-order valence-electron chi connectivity index (χ4n) is 3.16. The zero-order valence-electron chi connectivity index (χ0n) is 16.6. The lowest BCUT2D eigenvalue weighted by Crippen LogP contribution is -2.54. The normalized spacial score (nSPS) is 18.4. The molecule has 0 aliphatic carbocycles. The zero-order valence-corrected chi connectivity index (χ0v) is 17.4. The average Bonchev–Trinajstić information content (AvgIpc) is 2.60. The number of amides is 1. The Morgan fingerprint density at radius 2 is 2.00 bits per heavy atom. The first-order valence-corrected chi connectivity index (χ1v) is 9.09. The van der Waals surface area contributed by atoms with Crippen molar-refractivity contribution in [2.24, 2.45) is 11.1 Å². The predicted molar refractivity (Wildman–Crippen MR) is 108 cm³/mol. The lowest BCUT2D eigenvalue weighted by Gasteiger charge is -2.42. The Morgan fingerprint density at radius 1 is 1.30 bits per heavy atom. The molecule has 152 valence electrons. The van der Waals surface area contributed by atoms with E-state index in [1.165, 1.54) is 6.92 Å². The molecule has 1 aromatic carbocycles. The van der Waals surface area contributed by atoms with Gasteiger partial charge in [0, 0.05) is 31.1 Å².